The van der Waals surface area contributed by atoms with Gasteiger partial charge >= 0.3 is 0 Å². The van der Waals surface area contributed by atoms with Crippen molar-refractivity contribution in [3.63, 3.8) is 0 Å². The van der Waals surface area contributed by atoms with Crippen LogP contribution in [0.25, 0.3) is 0 Å². The molecule has 21 heavy (non-hydrogen) atoms. The van der Waals surface area contributed by atoms with Crippen molar-refractivity contribution >= 4 is 5.78 Å². The zero-order chi connectivity index (χ0) is 15.2. The Morgan fingerprint density at radius 3 is 2.90 bits per heavy atom. The summed E-state index contributed by atoms with van der Waals surface area (Å²) in [6.45, 7) is 2.12. The van der Waals surface area contributed by atoms with Crippen LogP contribution in [-0.2, 0) is 4.74 Å². The number of hydrogen-bond donors (Lipinski definition) is 0. The van der Waals surface area contributed by atoms with Crippen LogP contribution >= 0.6 is 0 Å². The predicted octanol–water partition coefficient (Wildman–Crippen LogP) is 4.13. The number of benzene rings is 1. The maximum Gasteiger partial charge on any atom is 0.167 e. The summed E-state index contributed by atoms with van der Waals surface area (Å²) in [5, 5.41) is 8.68. The molecule has 3 nitrogen and oxygen atoms in total. The monoisotopic (exact) mass is 287 g/mol. The number of carbonyl (C=O) groups is 1. The Morgan fingerprint density at radius 1 is 1.52 bits per heavy atom. The predicted molar refractivity (Wildman–Crippen MR) is 77.2 cm³/mol. The lowest BCUT2D eigenvalue weighted by Gasteiger charge is -2.22. The first-order valence-corrected chi connectivity index (χ1v) is 7.20. The zero-order valence-electron chi connectivity index (χ0n) is 12.1. The van der Waals surface area contributed by atoms with E-state index >= 15 is 0 Å². The van der Waals surface area contributed by atoms with Crippen LogP contribution in [0.2, 0.25) is 0 Å². The molecule has 0 aliphatic carbocycles. The second-order valence-corrected chi connectivity index (χ2v) is 5.27. The summed E-state index contributed by atoms with van der Waals surface area (Å²) in [7, 11) is 0. The summed E-state index contributed by atoms with van der Waals surface area (Å²) < 4.78 is 19.1. The summed E-state index contributed by atoms with van der Waals surface area (Å²) in [4.78, 5) is 12.1. The fraction of sp³-hybridized carbons (Fsp3) is 0.412. The van der Waals surface area contributed by atoms with Crippen LogP contribution in [0, 0.1) is 17.1 Å². The minimum atomic E-state index is -0.653. The molecule has 0 saturated heterocycles. The summed E-state index contributed by atoms with van der Waals surface area (Å²) >= 11 is 0. The lowest BCUT2D eigenvalue weighted by atomic mass is 9.96. The van der Waals surface area contributed by atoms with Gasteiger partial charge in [-0.3, -0.25) is 4.79 Å². The second kappa shape index (κ2) is 7.03. The van der Waals surface area contributed by atoms with Crippen LogP contribution in [0.15, 0.2) is 30.0 Å². The maximum absolute atomic E-state index is 13.5. The summed E-state index contributed by atoms with van der Waals surface area (Å²) in [5.41, 5.74) is 1.19. The summed E-state index contributed by atoms with van der Waals surface area (Å²) in [5.74, 6) is -0.803. The molecule has 0 aromatic heterocycles. The van der Waals surface area contributed by atoms with E-state index in [9.17, 15) is 9.18 Å². The highest BCUT2D eigenvalue weighted by molar-refractivity contribution is 5.97. The normalized spacial score (nSPS) is 17.6. The molecule has 1 aliphatic rings. The fourth-order valence-corrected chi connectivity index (χ4v) is 2.42. The van der Waals surface area contributed by atoms with E-state index in [0.717, 1.165) is 37.3 Å². The number of nitriles is 1. The van der Waals surface area contributed by atoms with E-state index in [1.807, 2.05) is 0 Å². The van der Waals surface area contributed by atoms with Gasteiger partial charge in [-0.05, 0) is 43.0 Å². The van der Waals surface area contributed by atoms with Gasteiger partial charge in [0.15, 0.2) is 5.78 Å². The lowest BCUT2D eigenvalue weighted by Crippen LogP contribution is -2.15. The molecular weight excluding hydrogens is 269 g/mol. The third-order valence-electron chi connectivity index (χ3n) is 3.62. The van der Waals surface area contributed by atoms with Gasteiger partial charge in [0.25, 0.3) is 0 Å². The Hall–Kier alpha value is -2.15. The molecule has 0 spiro atoms. The molecule has 0 bridgehead atoms. The van der Waals surface area contributed by atoms with E-state index in [1.165, 1.54) is 12.1 Å². The lowest BCUT2D eigenvalue weighted by molar-refractivity contribution is 0.0952. The standard InChI is InChI=1S/C17H18FNO2/c1-2-3-15-7-4-12(11-21-15)8-17(20)13-5-6-14(10-19)16(18)9-13/h5-6,9,11,15H,2-4,7-8H2,1H3. The molecule has 2 rings (SSSR count). The molecule has 0 fully saturated rings. The first kappa shape index (κ1) is 15.2. The average Bonchev–Trinajstić information content (AvgIpc) is 2.49. The van der Waals surface area contributed by atoms with Crippen molar-refractivity contribution in [2.24, 2.45) is 0 Å². The van der Waals surface area contributed by atoms with E-state index < -0.39 is 5.82 Å². The van der Waals surface area contributed by atoms with E-state index in [2.05, 4.69) is 6.92 Å². The van der Waals surface area contributed by atoms with Crippen molar-refractivity contribution in [1.82, 2.24) is 0 Å². The molecule has 4 heteroatoms. The van der Waals surface area contributed by atoms with E-state index in [4.69, 9.17) is 10.00 Å². The molecular formula is C17H18FNO2. The number of hydrogen-bond acceptors (Lipinski definition) is 3. The highest BCUT2D eigenvalue weighted by Crippen LogP contribution is 2.24. The van der Waals surface area contributed by atoms with E-state index in [0.29, 0.717) is 5.56 Å². The minimum absolute atomic E-state index is 0.0471. The Balaban J connectivity index is 1.99. The van der Waals surface area contributed by atoms with E-state index in [1.54, 1.807) is 12.3 Å². The third-order valence-corrected chi connectivity index (χ3v) is 3.62. The number of ether oxygens (including phenoxy) is 1. The highest BCUT2D eigenvalue weighted by atomic mass is 19.1. The number of Topliss-reactive ketones (excluding diaryl/α,β-unsaturated/α-hetero) is 1. The zero-order valence-corrected chi connectivity index (χ0v) is 12.1. The minimum Gasteiger partial charge on any atom is -0.498 e. The van der Waals surface area contributed by atoms with Crippen LogP contribution < -0.4 is 0 Å². The largest absolute Gasteiger partial charge is 0.498 e. The molecule has 1 atom stereocenters. The van der Waals surface area contributed by atoms with Crippen LogP contribution in [0.5, 0.6) is 0 Å². The van der Waals surface area contributed by atoms with Gasteiger partial charge in [0.05, 0.1) is 17.9 Å². The van der Waals surface area contributed by atoms with Crippen molar-refractivity contribution < 1.29 is 13.9 Å². The van der Waals surface area contributed by atoms with Gasteiger partial charge in [-0.25, -0.2) is 4.39 Å². The molecule has 0 radical (unpaired) electrons. The van der Waals surface area contributed by atoms with Gasteiger partial charge in [0, 0.05) is 12.0 Å². The smallest absolute Gasteiger partial charge is 0.167 e. The Labute approximate surface area is 124 Å². The molecule has 110 valence electrons. The van der Waals surface area contributed by atoms with Crippen molar-refractivity contribution in [1.29, 1.82) is 5.26 Å². The molecule has 1 aromatic rings. The van der Waals surface area contributed by atoms with Crippen molar-refractivity contribution in [3.8, 4) is 6.07 Å². The van der Waals surface area contributed by atoms with Crippen molar-refractivity contribution in [2.45, 2.75) is 45.1 Å². The SMILES string of the molecule is CCCC1CCC(CC(=O)c2ccc(C#N)c(F)c2)=CO1. The topological polar surface area (TPSA) is 50.1 Å². The van der Waals surface area contributed by atoms with Gasteiger partial charge < -0.3 is 4.74 Å². The molecule has 1 aromatic carbocycles. The highest BCUT2D eigenvalue weighted by Gasteiger charge is 2.18. The van der Waals surface area contributed by atoms with Gasteiger partial charge in [-0.1, -0.05) is 13.3 Å². The second-order valence-electron chi connectivity index (χ2n) is 5.27. The first-order valence-electron chi connectivity index (χ1n) is 7.20. The van der Waals surface area contributed by atoms with Gasteiger partial charge in [-0.2, -0.15) is 5.26 Å². The molecule has 1 aliphatic heterocycles. The summed E-state index contributed by atoms with van der Waals surface area (Å²) in [6, 6.07) is 5.70. The van der Waals surface area contributed by atoms with Gasteiger partial charge in [0.1, 0.15) is 11.9 Å². The van der Waals surface area contributed by atoms with Crippen molar-refractivity contribution in [3.05, 3.63) is 47.0 Å². The van der Waals surface area contributed by atoms with Gasteiger partial charge in [-0.15, -0.1) is 0 Å². The van der Waals surface area contributed by atoms with Crippen LogP contribution in [0.1, 0.15) is 54.9 Å². The third kappa shape index (κ3) is 3.91. The van der Waals surface area contributed by atoms with Crippen LogP contribution in [0.4, 0.5) is 4.39 Å². The number of halogens is 1. The first-order chi connectivity index (χ1) is 10.1. The maximum atomic E-state index is 13.5. The van der Waals surface area contributed by atoms with Crippen molar-refractivity contribution in [2.75, 3.05) is 0 Å². The Kier molecular flexibility index (Phi) is 5.10. The molecule has 0 N–H and O–H groups in total. The van der Waals surface area contributed by atoms with E-state index in [-0.39, 0.29) is 23.9 Å². The molecule has 1 unspecified atom stereocenters. The Morgan fingerprint density at radius 2 is 2.33 bits per heavy atom. The fourth-order valence-electron chi connectivity index (χ4n) is 2.42. The average molecular weight is 287 g/mol. The number of allylic oxidation sites excluding steroid dienone is 1. The van der Waals surface area contributed by atoms with Crippen LogP contribution in [0.3, 0.4) is 0 Å². The number of ketones is 1. The quantitative estimate of drug-likeness (QED) is 0.765. The number of rotatable bonds is 5. The van der Waals surface area contributed by atoms with Crippen LogP contribution in [-0.4, -0.2) is 11.9 Å². The molecule has 1 heterocycles. The van der Waals surface area contributed by atoms with Gasteiger partial charge in [0.2, 0.25) is 0 Å². The summed E-state index contributed by atoms with van der Waals surface area (Å²) in [6.07, 6.45) is 6.05. The number of carbonyl (C=O) groups excluding carboxylic acids is 1. The Bertz CT molecular complexity index is 601. The molecule has 0 amide bonds. The molecule has 0 saturated carbocycles. The number of nitrogens with zero attached hydrogens (tertiary/aromatic N) is 1.